The average molecular weight is 357 g/mol. The molecule has 0 aromatic heterocycles. The number of hydrogen-bond donors (Lipinski definition) is 0. The molecule has 0 fully saturated rings. The Morgan fingerprint density at radius 2 is 1.45 bits per heavy atom. The lowest BCUT2D eigenvalue weighted by molar-refractivity contribution is -0.0000110. The maximum atomic E-state index is 11.0. The summed E-state index contributed by atoms with van der Waals surface area (Å²) in [5, 5.41) is 2.60. The zero-order chi connectivity index (χ0) is 15.3. The largest absolute Gasteiger partial charge is 1.00 e. The van der Waals surface area contributed by atoms with Crippen molar-refractivity contribution >= 4 is 34.9 Å². The van der Waals surface area contributed by atoms with Crippen LogP contribution in [0.2, 0.25) is 0 Å². The van der Waals surface area contributed by atoms with Gasteiger partial charge in [0.1, 0.15) is 12.3 Å². The lowest BCUT2D eigenvalue weighted by atomic mass is 10.4. The van der Waals surface area contributed by atoms with Crippen molar-refractivity contribution < 1.29 is 21.9 Å². The van der Waals surface area contributed by atoms with E-state index in [1.807, 2.05) is 19.1 Å². The van der Waals surface area contributed by atoms with Gasteiger partial charge in [0.15, 0.2) is 0 Å². The van der Waals surface area contributed by atoms with Crippen LogP contribution in [0.25, 0.3) is 0 Å². The zero-order valence-electron chi connectivity index (χ0n) is 12.6. The molecular weight excluding hydrogens is 338 g/mol. The third-order valence-electron chi connectivity index (χ3n) is 3.57. The number of carbonyl (C=O) groups is 1. The molecule has 0 aliphatic rings. The Bertz CT molecular complexity index is 551. The Labute approximate surface area is 143 Å². The Hall–Kier alpha value is -1.08. The van der Waals surface area contributed by atoms with Gasteiger partial charge in [-0.15, -0.1) is 0 Å². The zero-order valence-corrected chi connectivity index (χ0v) is 15.0. The smallest absolute Gasteiger partial charge is 0.404 e. The predicted molar refractivity (Wildman–Crippen MR) is 91.7 cm³/mol. The molecule has 2 nitrogen and oxygen atoms in total. The van der Waals surface area contributed by atoms with Crippen LogP contribution in [-0.4, -0.2) is 24.4 Å². The Morgan fingerprint density at radius 3 is 1.82 bits per heavy atom. The first-order chi connectivity index (χ1) is 10.0. The molecule has 0 saturated heterocycles. The summed E-state index contributed by atoms with van der Waals surface area (Å²) in [6, 6.07) is 20.8. The molecule has 5 heteroatoms. The van der Waals surface area contributed by atoms with Gasteiger partial charge in [-0.25, -0.2) is 4.79 Å². The summed E-state index contributed by atoms with van der Waals surface area (Å²) in [6.45, 7) is 4.17. The van der Waals surface area contributed by atoms with Gasteiger partial charge in [0.25, 0.3) is 0 Å². The van der Waals surface area contributed by atoms with Gasteiger partial charge in [0.05, 0.1) is 24.5 Å². The normalized spacial score (nSPS) is 12.1. The van der Waals surface area contributed by atoms with Gasteiger partial charge in [-0.3, -0.25) is 0 Å². The highest BCUT2D eigenvalue weighted by Gasteiger charge is 2.39. The number of carbonyl (C=O) groups excluding carboxylic acids is 1. The molecule has 1 unspecified atom stereocenters. The van der Waals surface area contributed by atoms with Gasteiger partial charge in [-0.1, -0.05) is 36.4 Å². The topological polar surface area (TPSA) is 26.3 Å². The van der Waals surface area contributed by atoms with Crippen molar-refractivity contribution in [1.82, 2.24) is 0 Å². The van der Waals surface area contributed by atoms with E-state index < -0.39 is 12.7 Å². The van der Waals surface area contributed by atoms with Crippen molar-refractivity contribution in [3.05, 3.63) is 60.7 Å². The molecule has 2 aromatic rings. The molecule has 0 radical (unpaired) electrons. The fourth-order valence-corrected chi connectivity index (χ4v) is 6.22. The first kappa shape index (κ1) is 19.0. The predicted octanol–water partition coefficient (Wildman–Crippen LogP) is 1.05. The van der Waals surface area contributed by atoms with Gasteiger partial charge >= 0.3 is 5.43 Å². The molecule has 0 heterocycles. The van der Waals surface area contributed by atoms with E-state index in [0.29, 0.717) is 0 Å². The van der Waals surface area contributed by atoms with E-state index in [0.717, 1.165) is 6.16 Å². The van der Waals surface area contributed by atoms with E-state index in [9.17, 15) is 4.79 Å². The maximum Gasteiger partial charge on any atom is 0.404 e. The van der Waals surface area contributed by atoms with Crippen LogP contribution < -0.4 is 23.0 Å². The molecule has 2 aromatic carbocycles. The minimum atomic E-state index is -1.62. The lowest BCUT2D eigenvalue weighted by Gasteiger charge is -2.25. The van der Waals surface area contributed by atoms with Crippen LogP contribution in [0.1, 0.15) is 6.92 Å². The maximum absolute atomic E-state index is 11.0. The molecule has 0 saturated carbocycles. The number of ether oxygens (including phenoxy) is 1. The monoisotopic (exact) mass is 356 g/mol. The van der Waals surface area contributed by atoms with Crippen molar-refractivity contribution in [2.45, 2.75) is 13.0 Å². The molecular formula is C17H19Cl2O2P. The highest BCUT2D eigenvalue weighted by atomic mass is 35.5. The molecule has 0 bridgehead atoms. The summed E-state index contributed by atoms with van der Waals surface area (Å²) < 4.78 is 5.14. The number of halogens is 2. The molecule has 1 atom stereocenters. The highest BCUT2D eigenvalue weighted by Crippen LogP contribution is 2.53. The third-order valence-corrected chi connectivity index (χ3v) is 7.78. The molecule has 0 spiro atoms. The summed E-state index contributed by atoms with van der Waals surface area (Å²) in [4.78, 5) is 11.0. The van der Waals surface area contributed by atoms with Crippen LogP contribution in [0.3, 0.4) is 0 Å². The van der Waals surface area contributed by atoms with Crippen LogP contribution in [0.15, 0.2) is 60.7 Å². The van der Waals surface area contributed by atoms with Crippen LogP contribution in [0.4, 0.5) is 4.79 Å². The second-order valence-electron chi connectivity index (χ2n) is 5.21. The standard InChI is InChI=1S/C17H19ClO2P.ClH/c1-14(20-17(18)19)13-21(2,15-9-5-3-6-10-15)16-11-7-4-8-12-16;/h3-12,14H,13H2,1-2H3;1H/q+1;/p-1. The van der Waals surface area contributed by atoms with Gasteiger partial charge in [-0.05, 0) is 31.2 Å². The molecule has 0 amide bonds. The molecule has 0 aliphatic carbocycles. The summed E-state index contributed by atoms with van der Waals surface area (Å²) in [5.41, 5.74) is -0.741. The van der Waals surface area contributed by atoms with Gasteiger partial charge in [0, 0.05) is 11.6 Å². The molecule has 0 N–H and O–H groups in total. The number of hydrogen-bond acceptors (Lipinski definition) is 2. The van der Waals surface area contributed by atoms with E-state index in [4.69, 9.17) is 16.3 Å². The fourth-order valence-electron chi connectivity index (χ4n) is 2.58. The van der Waals surface area contributed by atoms with Crippen molar-refractivity contribution in [2.75, 3.05) is 12.8 Å². The van der Waals surface area contributed by atoms with E-state index in [1.54, 1.807) is 0 Å². The van der Waals surface area contributed by atoms with Gasteiger partial charge in [-0.2, -0.15) is 0 Å². The van der Waals surface area contributed by atoms with E-state index in [2.05, 4.69) is 55.2 Å². The van der Waals surface area contributed by atoms with Crippen molar-refractivity contribution in [3.63, 3.8) is 0 Å². The van der Waals surface area contributed by atoms with E-state index in [-0.39, 0.29) is 18.5 Å². The number of benzene rings is 2. The fraction of sp³-hybridized carbons (Fsp3) is 0.235. The second-order valence-corrected chi connectivity index (χ2v) is 9.30. The van der Waals surface area contributed by atoms with Gasteiger partial charge in [0.2, 0.25) is 0 Å². The first-order valence-corrected chi connectivity index (χ1v) is 9.65. The van der Waals surface area contributed by atoms with Crippen LogP contribution >= 0.6 is 18.9 Å². The summed E-state index contributed by atoms with van der Waals surface area (Å²) in [7, 11) is -1.62. The van der Waals surface area contributed by atoms with Gasteiger partial charge < -0.3 is 17.1 Å². The summed E-state index contributed by atoms with van der Waals surface area (Å²) in [6.07, 6.45) is 0.563. The SMILES string of the molecule is CC(C[P+](C)(c1ccccc1)c1ccccc1)OC(=O)Cl.[Cl-]. The van der Waals surface area contributed by atoms with E-state index >= 15 is 0 Å². The van der Waals surface area contributed by atoms with E-state index in [1.165, 1.54) is 10.6 Å². The first-order valence-electron chi connectivity index (χ1n) is 6.85. The molecule has 0 aliphatic heterocycles. The van der Waals surface area contributed by atoms with Crippen molar-refractivity contribution in [2.24, 2.45) is 0 Å². The Morgan fingerprint density at radius 1 is 1.05 bits per heavy atom. The Balaban J connectivity index is 0.00000242. The summed E-state index contributed by atoms with van der Waals surface area (Å²) in [5.74, 6) is 0. The second kappa shape index (κ2) is 8.53. The highest BCUT2D eigenvalue weighted by molar-refractivity contribution is 7.88. The average Bonchev–Trinajstić information content (AvgIpc) is 2.48. The van der Waals surface area contributed by atoms with Crippen molar-refractivity contribution in [1.29, 1.82) is 0 Å². The third kappa shape index (κ3) is 4.71. The molecule has 118 valence electrons. The molecule has 2 rings (SSSR count). The molecule has 22 heavy (non-hydrogen) atoms. The van der Waals surface area contributed by atoms with Crippen LogP contribution in [-0.2, 0) is 4.74 Å². The van der Waals surface area contributed by atoms with Crippen molar-refractivity contribution in [3.8, 4) is 0 Å². The van der Waals surface area contributed by atoms with Crippen LogP contribution in [0.5, 0.6) is 0 Å². The quantitative estimate of drug-likeness (QED) is 0.591. The minimum absolute atomic E-state index is 0. The Kier molecular flexibility index (Phi) is 7.35. The number of rotatable bonds is 5. The minimum Gasteiger partial charge on any atom is -1.00 e. The summed E-state index contributed by atoms with van der Waals surface area (Å²) >= 11 is 5.34. The van der Waals surface area contributed by atoms with Crippen LogP contribution in [0, 0.1) is 0 Å². The lowest BCUT2D eigenvalue weighted by Crippen LogP contribution is -3.00.